The molecule has 0 unspecified atom stereocenters. The van der Waals surface area contributed by atoms with Gasteiger partial charge in [-0.3, -0.25) is 30.5 Å². The van der Waals surface area contributed by atoms with Crippen LogP contribution in [0.15, 0.2) is 254 Å². The van der Waals surface area contributed by atoms with Crippen molar-refractivity contribution in [2.24, 2.45) is 7.05 Å². The van der Waals surface area contributed by atoms with Gasteiger partial charge in [0.2, 0.25) is 5.95 Å². The lowest BCUT2D eigenvalue weighted by Crippen LogP contribution is -2.50. The number of anilines is 3. The third-order valence-electron chi connectivity index (χ3n) is 17.6. The highest BCUT2D eigenvalue weighted by Gasteiger charge is 2.44. The molecule has 0 atom stereocenters. The average molecular weight is 1780 g/mol. The SMILES string of the molecule is COC(=O)CCc1csc(NC(=O)NC(Cc2ccccc2)(c2cccc(OC(F)(F)F)c2)c2cccc(OC(F)(F)F)c2)n1.Cc1nc(NC(=O)NC(Cc2ccccc2)(c2cccc(OC(F)(F)F)c2)c2cccc(OC(F)(F)F)c2)n[nH]1.Cn1ccc(NC(=O)NC(Cc2ccccc2)(c2cccc(OC(F)(F)F)c2)c2cccc(OC(F)(F)F)c2)n1. The minimum absolute atomic E-state index is 0.0543. The van der Waals surface area contributed by atoms with Crippen molar-refractivity contribution in [1.82, 2.24) is 45.9 Å². The zero-order valence-corrected chi connectivity index (χ0v) is 65.5. The standard InChI is InChI=1S/C30H25F6N3O5S.C27H22F6N4O3.C26H21F6N5O3/c1-42-25(40)14-13-22-18-45-27(37-22)38-26(41)39-28(17-19-7-3-2-4-8-19,20-9-5-11-23(15-20)43-29(31,32)33)21-10-6-12-24(16-21)44-30(34,35)36;1-37-14-13-23(36-37)34-24(38)35-25(17-18-7-3-2-4-8-18,19-9-5-11-21(15-19)39-26(28,29)30)20-10-6-12-22(16-20)40-27(31,32)33;1-16-33-22(37-36-16)34-23(38)35-24(15-17-7-3-2-4-8-17,18-9-5-11-20(13-18)39-25(27,28)29)19-10-6-12-21(14-19)40-26(30,31)32/h2-12,15-16,18H,13-14,17H2,1H3,(H2,37,38,39,41);2-16H,17H2,1H3,(H2,34,35,36,38);2-14H,15H2,1H3,(H3,33,34,35,36,37,38). The van der Waals surface area contributed by atoms with Crippen LogP contribution >= 0.6 is 11.3 Å². The number of nitrogens with one attached hydrogen (secondary N) is 7. The second kappa shape index (κ2) is 39.7. The average Bonchev–Trinajstić information content (AvgIpc) is 1.20. The van der Waals surface area contributed by atoms with Gasteiger partial charge in [0, 0.05) is 50.4 Å². The Bertz CT molecular complexity index is 5200. The van der Waals surface area contributed by atoms with Crippen LogP contribution in [0.2, 0.25) is 0 Å². The molecule has 0 aliphatic heterocycles. The molecule has 0 saturated heterocycles. The fourth-order valence-corrected chi connectivity index (χ4v) is 13.6. The van der Waals surface area contributed by atoms with Gasteiger partial charge in [0.1, 0.15) is 40.3 Å². The normalized spacial score (nSPS) is 12.0. The minimum Gasteiger partial charge on any atom is -0.469 e. The zero-order chi connectivity index (χ0) is 90.6. The number of H-pyrrole nitrogens is 1. The number of benzene rings is 9. The van der Waals surface area contributed by atoms with Crippen molar-refractivity contribution in [2.45, 2.75) is 93.8 Å². The lowest BCUT2D eigenvalue weighted by Gasteiger charge is -2.37. The third-order valence-corrected chi connectivity index (χ3v) is 18.4. The Balaban J connectivity index is 0.000000196. The van der Waals surface area contributed by atoms with E-state index in [1.807, 2.05) is 0 Å². The van der Waals surface area contributed by atoms with Crippen LogP contribution in [0.5, 0.6) is 34.5 Å². The van der Waals surface area contributed by atoms with E-state index in [9.17, 15) is 98.2 Å². The number of hydrogen-bond donors (Lipinski definition) is 7. The lowest BCUT2D eigenvalue weighted by molar-refractivity contribution is -0.275. The van der Waals surface area contributed by atoms with Crippen LogP contribution in [-0.4, -0.2) is 99.3 Å². The number of carbonyl (C=O) groups excluding carboxylic acids is 4. The fourth-order valence-electron chi connectivity index (χ4n) is 12.8. The molecule has 9 aromatic carbocycles. The molecule has 12 rings (SSSR count). The van der Waals surface area contributed by atoms with E-state index in [0.717, 1.165) is 84.1 Å². The number of esters is 1. The highest BCUT2D eigenvalue weighted by molar-refractivity contribution is 7.13. The Labute approximate surface area is 701 Å². The number of hydrogen-bond acceptors (Lipinski definition) is 16. The van der Waals surface area contributed by atoms with Crippen molar-refractivity contribution in [3.05, 3.63) is 316 Å². The topological polar surface area (TPSA) is 277 Å². The van der Waals surface area contributed by atoms with Crippen molar-refractivity contribution in [3.8, 4) is 34.5 Å². The molecule has 0 bridgehead atoms. The molecule has 0 radical (unpaired) electrons. The Morgan fingerprint density at radius 3 is 0.968 bits per heavy atom. The number of aromatic nitrogens is 6. The maximum atomic E-state index is 13.6. The van der Waals surface area contributed by atoms with E-state index >= 15 is 0 Å². The molecule has 658 valence electrons. The van der Waals surface area contributed by atoms with E-state index in [-0.39, 0.29) is 82.4 Å². The van der Waals surface area contributed by atoms with Gasteiger partial charge in [0.15, 0.2) is 10.9 Å². The second-order valence-electron chi connectivity index (χ2n) is 26.7. The number of urea groups is 3. The molecule has 0 saturated carbocycles. The molecule has 7 N–H and O–H groups in total. The number of aromatic amines is 1. The smallest absolute Gasteiger partial charge is 0.469 e. The number of methoxy groups -OCH3 is 1. The number of aryl methyl sites for hydroxylation is 3. The molecule has 0 aliphatic rings. The number of halogens is 18. The predicted octanol–water partition coefficient (Wildman–Crippen LogP) is 20.1. The number of amides is 6. The summed E-state index contributed by atoms with van der Waals surface area (Å²) < 4.78 is 266. The number of ether oxygens (including phenoxy) is 7. The van der Waals surface area contributed by atoms with Crippen LogP contribution in [0, 0.1) is 6.92 Å². The number of nitrogens with zero attached hydrogens (tertiary/aromatic N) is 5. The Morgan fingerprint density at radius 1 is 0.392 bits per heavy atom. The first-order valence-electron chi connectivity index (χ1n) is 36.3. The van der Waals surface area contributed by atoms with Crippen LogP contribution in [0.1, 0.15) is 68.0 Å². The van der Waals surface area contributed by atoms with Crippen molar-refractivity contribution < 1.29 is 131 Å². The van der Waals surface area contributed by atoms with Crippen LogP contribution in [0.25, 0.3) is 0 Å². The van der Waals surface area contributed by atoms with E-state index in [4.69, 9.17) is 0 Å². The first-order chi connectivity index (χ1) is 58.9. The number of carbonyl (C=O) groups is 4. The van der Waals surface area contributed by atoms with Gasteiger partial charge in [-0.25, -0.2) is 19.4 Å². The summed E-state index contributed by atoms with van der Waals surface area (Å²) in [6.45, 7) is 1.59. The summed E-state index contributed by atoms with van der Waals surface area (Å²) in [5.41, 5.74) is -2.48. The summed E-state index contributed by atoms with van der Waals surface area (Å²) in [5.74, 6) is -3.60. The van der Waals surface area contributed by atoms with E-state index in [0.29, 0.717) is 28.2 Å². The van der Waals surface area contributed by atoms with Crippen LogP contribution < -0.4 is 60.3 Å². The van der Waals surface area contributed by atoms with E-state index < -0.39 is 113 Å². The Morgan fingerprint density at radius 2 is 0.696 bits per heavy atom. The molecule has 0 aliphatic carbocycles. The molecule has 23 nitrogen and oxygen atoms in total. The molecule has 125 heavy (non-hydrogen) atoms. The van der Waals surface area contributed by atoms with Crippen LogP contribution in [0.4, 0.5) is 110 Å². The molecule has 42 heteroatoms. The van der Waals surface area contributed by atoms with E-state index in [2.05, 4.69) is 90.3 Å². The van der Waals surface area contributed by atoms with Crippen molar-refractivity contribution in [3.63, 3.8) is 0 Å². The maximum Gasteiger partial charge on any atom is 0.573 e. The van der Waals surface area contributed by atoms with Crippen LogP contribution in [-0.2, 0) is 58.9 Å². The van der Waals surface area contributed by atoms with E-state index in [1.165, 1.54) is 90.7 Å². The fraction of sp³-hybridized carbons (Fsp3) is 0.205. The lowest BCUT2D eigenvalue weighted by atomic mass is 9.77. The summed E-state index contributed by atoms with van der Waals surface area (Å²) in [6.07, 6.45) is -28.6. The van der Waals surface area contributed by atoms with Crippen molar-refractivity contribution in [2.75, 3.05) is 23.1 Å². The highest BCUT2D eigenvalue weighted by Crippen LogP contribution is 2.44. The molecule has 3 aromatic heterocycles. The summed E-state index contributed by atoms with van der Waals surface area (Å²) in [4.78, 5) is 59.9. The van der Waals surface area contributed by atoms with Crippen molar-refractivity contribution >= 4 is 52.3 Å². The molecule has 0 spiro atoms. The van der Waals surface area contributed by atoms with Gasteiger partial charge in [0.25, 0.3) is 0 Å². The molecule has 0 fully saturated rings. The predicted molar refractivity (Wildman–Crippen MR) is 415 cm³/mol. The second-order valence-corrected chi connectivity index (χ2v) is 27.6. The summed E-state index contributed by atoms with van der Waals surface area (Å²) in [6, 6.07) is 53.3. The maximum absolute atomic E-state index is 13.6. The van der Waals surface area contributed by atoms with Crippen molar-refractivity contribution in [1.29, 1.82) is 0 Å². The number of thiazole rings is 1. The first kappa shape index (κ1) is 93.1. The molecule has 6 amide bonds. The minimum atomic E-state index is -5.04. The number of alkyl halides is 18. The zero-order valence-electron chi connectivity index (χ0n) is 64.7. The summed E-state index contributed by atoms with van der Waals surface area (Å²) in [5, 5.41) is 28.0. The van der Waals surface area contributed by atoms with Gasteiger partial charge in [-0.1, -0.05) is 164 Å². The summed E-state index contributed by atoms with van der Waals surface area (Å²) in [7, 11) is 2.87. The van der Waals surface area contributed by atoms with Gasteiger partial charge >= 0.3 is 62.2 Å². The largest absolute Gasteiger partial charge is 0.573 e. The molecule has 12 aromatic rings. The molecular formula is C83H68F18N12O11S. The van der Waals surface area contributed by atoms with Gasteiger partial charge < -0.3 is 49.1 Å². The quantitative estimate of drug-likeness (QED) is 0.0186. The monoisotopic (exact) mass is 1780 g/mol. The van der Waals surface area contributed by atoms with Gasteiger partial charge in [-0.2, -0.15) is 10.1 Å². The summed E-state index contributed by atoms with van der Waals surface area (Å²) >= 11 is 1.05. The number of rotatable bonds is 27. The van der Waals surface area contributed by atoms with E-state index in [1.54, 1.807) is 117 Å². The Hall–Kier alpha value is -14.2. The van der Waals surface area contributed by atoms with Gasteiger partial charge in [-0.05, 0) is 130 Å². The molecule has 3 heterocycles. The first-order valence-corrected chi connectivity index (χ1v) is 37.2. The third kappa shape index (κ3) is 28.4. The van der Waals surface area contributed by atoms with Gasteiger partial charge in [0.05, 0.1) is 35.8 Å². The highest BCUT2D eigenvalue weighted by atomic mass is 32.1. The Kier molecular flexibility index (Phi) is 29.6. The van der Waals surface area contributed by atoms with Gasteiger partial charge in [-0.15, -0.1) is 95.5 Å². The van der Waals surface area contributed by atoms with Crippen LogP contribution in [0.3, 0.4) is 0 Å². The molecular weight excluding hydrogens is 1720 g/mol.